The third kappa shape index (κ3) is 3.94. The number of carbonyl (C=O) groups excluding carboxylic acids is 1. The number of hydrogen-bond donors (Lipinski definition) is 2. The summed E-state index contributed by atoms with van der Waals surface area (Å²) >= 11 is 0. The molecule has 4 atom stereocenters. The van der Waals surface area contributed by atoms with Crippen molar-refractivity contribution in [2.45, 2.75) is 84.8 Å². The van der Waals surface area contributed by atoms with Gasteiger partial charge < -0.3 is 19.7 Å². The maximum absolute atomic E-state index is 13.2. The third-order valence-corrected chi connectivity index (χ3v) is 8.24. The Labute approximate surface area is 195 Å². The van der Waals surface area contributed by atoms with Gasteiger partial charge in [0.25, 0.3) is 0 Å². The maximum Gasteiger partial charge on any atom is 0.342 e. The van der Waals surface area contributed by atoms with Crippen LogP contribution in [0, 0.1) is 31.1 Å². The second kappa shape index (κ2) is 8.42. The van der Waals surface area contributed by atoms with Crippen molar-refractivity contribution in [2.75, 3.05) is 7.11 Å². The average Bonchev–Trinajstić information content (AvgIpc) is 3.06. The van der Waals surface area contributed by atoms with Gasteiger partial charge in [-0.1, -0.05) is 19.9 Å². The molecular formula is C26H36O7. The fraction of sp³-hybridized carbons (Fsp3) is 0.654. The minimum atomic E-state index is -1.03. The number of carboxylic acid groups (broad SMARTS) is 1. The quantitative estimate of drug-likeness (QED) is 0.643. The Kier molecular flexibility index (Phi) is 6.44. The van der Waals surface area contributed by atoms with E-state index in [0.717, 1.165) is 18.4 Å². The summed E-state index contributed by atoms with van der Waals surface area (Å²) in [6.07, 6.45) is 2.35. The van der Waals surface area contributed by atoms with Crippen LogP contribution in [0.4, 0.5) is 0 Å². The number of methoxy groups -OCH3 is 1. The fourth-order valence-corrected chi connectivity index (χ4v) is 6.54. The molecule has 0 unspecified atom stereocenters. The van der Waals surface area contributed by atoms with Gasteiger partial charge in [0, 0.05) is 23.8 Å². The van der Waals surface area contributed by atoms with Crippen molar-refractivity contribution >= 4 is 11.9 Å². The number of esters is 1. The Balaban J connectivity index is 2.23. The molecule has 0 aromatic heterocycles. The minimum absolute atomic E-state index is 0.00162. The van der Waals surface area contributed by atoms with E-state index in [1.54, 1.807) is 27.7 Å². The van der Waals surface area contributed by atoms with Crippen molar-refractivity contribution in [3.05, 3.63) is 38.5 Å². The third-order valence-electron chi connectivity index (χ3n) is 8.24. The molecule has 3 rings (SSSR count). The van der Waals surface area contributed by atoms with Gasteiger partial charge in [0.1, 0.15) is 16.9 Å². The largest absolute Gasteiger partial charge is 0.485 e. The molecule has 1 aromatic carbocycles. The number of aryl methyl sites for hydroxylation is 1. The van der Waals surface area contributed by atoms with Crippen LogP contribution in [0.2, 0.25) is 0 Å². The number of carboxylic acids is 1. The molecular weight excluding hydrogens is 424 g/mol. The zero-order chi connectivity index (χ0) is 24.9. The van der Waals surface area contributed by atoms with Gasteiger partial charge in [0.2, 0.25) is 0 Å². The summed E-state index contributed by atoms with van der Waals surface area (Å²) in [5.41, 5.74) is -1.21. The van der Waals surface area contributed by atoms with E-state index in [9.17, 15) is 24.6 Å². The number of aliphatic hydroxyl groups is 1. The van der Waals surface area contributed by atoms with Crippen LogP contribution in [-0.4, -0.2) is 40.5 Å². The lowest BCUT2D eigenvalue weighted by molar-refractivity contribution is -0.188. The van der Waals surface area contributed by atoms with E-state index < -0.39 is 34.0 Å². The van der Waals surface area contributed by atoms with Crippen LogP contribution < -0.4 is 10.2 Å². The molecule has 0 radical (unpaired) electrons. The Morgan fingerprint density at radius 2 is 1.91 bits per heavy atom. The van der Waals surface area contributed by atoms with Crippen LogP contribution in [-0.2, 0) is 16.0 Å². The molecule has 182 valence electrons. The standard InChI is InChI=1S/C26H36O7/c1-14-12-17-13-26(33-22(17)16(3)21(29)20(14)23(30)32-7)15(2)8-9-18(24(4,5)31)25(26,6)11-10-19(27)28/h12,15,18,31H,8-11,13H2,1-7H3,(H,27,28)/t15-,18+,25+,26-/m0/s1. The average molecular weight is 461 g/mol. The molecule has 0 bridgehead atoms. The first-order chi connectivity index (χ1) is 15.2. The van der Waals surface area contributed by atoms with E-state index in [0.29, 0.717) is 29.7 Å². The number of aliphatic carboxylic acids is 1. The number of carbonyl (C=O) groups is 2. The molecule has 2 aliphatic rings. The van der Waals surface area contributed by atoms with Crippen molar-refractivity contribution in [3.8, 4) is 5.75 Å². The van der Waals surface area contributed by atoms with Gasteiger partial charge in [0.05, 0.1) is 12.7 Å². The maximum atomic E-state index is 13.2. The monoisotopic (exact) mass is 460 g/mol. The van der Waals surface area contributed by atoms with Crippen LogP contribution in [0.1, 0.15) is 80.4 Å². The smallest absolute Gasteiger partial charge is 0.342 e. The molecule has 0 saturated heterocycles. The highest BCUT2D eigenvalue weighted by molar-refractivity contribution is 5.91. The van der Waals surface area contributed by atoms with Crippen molar-refractivity contribution < 1.29 is 29.3 Å². The summed E-state index contributed by atoms with van der Waals surface area (Å²) in [5.74, 6) is -1.23. The van der Waals surface area contributed by atoms with Crippen molar-refractivity contribution in [2.24, 2.45) is 17.3 Å². The summed E-state index contributed by atoms with van der Waals surface area (Å²) in [5, 5.41) is 20.6. The molecule has 1 aromatic rings. The van der Waals surface area contributed by atoms with Crippen LogP contribution in [0.25, 0.3) is 0 Å². The highest BCUT2D eigenvalue weighted by atomic mass is 16.5. The first-order valence-electron chi connectivity index (χ1n) is 11.6. The fourth-order valence-electron chi connectivity index (χ4n) is 6.54. The molecule has 1 fully saturated rings. The van der Waals surface area contributed by atoms with Crippen LogP contribution in [0.3, 0.4) is 0 Å². The minimum Gasteiger partial charge on any atom is -0.485 e. The zero-order valence-corrected chi connectivity index (χ0v) is 20.7. The summed E-state index contributed by atoms with van der Waals surface area (Å²) < 4.78 is 11.6. The van der Waals surface area contributed by atoms with E-state index in [1.807, 2.05) is 13.0 Å². The Morgan fingerprint density at radius 1 is 1.27 bits per heavy atom. The lowest BCUT2D eigenvalue weighted by atomic mass is 9.49. The first-order valence-corrected chi connectivity index (χ1v) is 11.6. The van der Waals surface area contributed by atoms with Gasteiger partial charge in [-0.15, -0.1) is 0 Å². The molecule has 1 saturated carbocycles. The van der Waals surface area contributed by atoms with Gasteiger partial charge >= 0.3 is 11.9 Å². The van der Waals surface area contributed by atoms with Crippen molar-refractivity contribution in [3.63, 3.8) is 0 Å². The highest BCUT2D eigenvalue weighted by Gasteiger charge is 2.64. The normalized spacial score (nSPS) is 28.8. The number of ether oxygens (including phenoxy) is 2. The molecule has 33 heavy (non-hydrogen) atoms. The Morgan fingerprint density at radius 3 is 2.45 bits per heavy atom. The number of hydrogen-bond acceptors (Lipinski definition) is 6. The molecule has 0 amide bonds. The lowest BCUT2D eigenvalue weighted by Gasteiger charge is -2.59. The zero-order valence-electron chi connectivity index (χ0n) is 20.7. The van der Waals surface area contributed by atoms with E-state index in [4.69, 9.17) is 9.47 Å². The molecule has 7 nitrogen and oxygen atoms in total. The predicted molar refractivity (Wildman–Crippen MR) is 124 cm³/mol. The SMILES string of the molecule is COC(=O)c1c(C)cc2c(c(C)c1=O)O[C@@]1(C2)[C@@H](C)CC[C@H](C(C)(C)O)[C@@]1(C)CCC(=O)O. The van der Waals surface area contributed by atoms with Crippen LogP contribution in [0.15, 0.2) is 10.9 Å². The summed E-state index contributed by atoms with van der Waals surface area (Å²) in [7, 11) is 1.25. The van der Waals surface area contributed by atoms with E-state index in [2.05, 4.69) is 6.92 Å². The molecule has 1 aliphatic heterocycles. The van der Waals surface area contributed by atoms with Gasteiger partial charge in [0.15, 0.2) is 5.43 Å². The summed E-state index contributed by atoms with van der Waals surface area (Å²) in [4.78, 5) is 37.1. The Hall–Kier alpha value is -2.41. The van der Waals surface area contributed by atoms with E-state index >= 15 is 0 Å². The van der Waals surface area contributed by atoms with Crippen LogP contribution in [0.5, 0.6) is 5.75 Å². The van der Waals surface area contributed by atoms with Crippen LogP contribution >= 0.6 is 0 Å². The number of fused-ring (bicyclic) bond motifs is 1. The number of rotatable bonds is 5. The first kappa shape index (κ1) is 25.2. The highest BCUT2D eigenvalue weighted by Crippen LogP contribution is 2.61. The second-order valence-corrected chi connectivity index (χ2v) is 10.7. The van der Waals surface area contributed by atoms with Gasteiger partial charge in [-0.05, 0) is 69.9 Å². The molecule has 7 heteroatoms. The Bertz CT molecular complexity index is 1040. The van der Waals surface area contributed by atoms with Gasteiger partial charge in [-0.2, -0.15) is 0 Å². The molecule has 1 spiro atoms. The molecule has 2 N–H and O–H groups in total. The van der Waals surface area contributed by atoms with E-state index in [1.165, 1.54) is 7.11 Å². The predicted octanol–water partition coefficient (Wildman–Crippen LogP) is 3.81. The van der Waals surface area contributed by atoms with Crippen molar-refractivity contribution in [1.82, 2.24) is 0 Å². The van der Waals surface area contributed by atoms with Gasteiger partial charge in [-0.3, -0.25) is 9.59 Å². The topological polar surface area (TPSA) is 110 Å². The molecule has 1 aliphatic carbocycles. The molecule has 1 heterocycles. The van der Waals surface area contributed by atoms with E-state index in [-0.39, 0.29) is 23.8 Å². The van der Waals surface area contributed by atoms with Crippen molar-refractivity contribution in [1.29, 1.82) is 0 Å². The summed E-state index contributed by atoms with van der Waals surface area (Å²) in [6.45, 7) is 11.0. The lowest BCUT2D eigenvalue weighted by Crippen LogP contribution is -2.64. The van der Waals surface area contributed by atoms with Gasteiger partial charge in [-0.25, -0.2) is 4.79 Å². The second-order valence-electron chi connectivity index (χ2n) is 10.7. The summed E-state index contributed by atoms with van der Waals surface area (Å²) in [6, 6.07) is 1.82.